The van der Waals surface area contributed by atoms with Gasteiger partial charge >= 0.3 is 0 Å². The lowest BCUT2D eigenvalue weighted by molar-refractivity contribution is -0.120. The van der Waals surface area contributed by atoms with Gasteiger partial charge in [0.05, 0.1) is 5.69 Å². The van der Waals surface area contributed by atoms with Crippen LogP contribution in [-0.2, 0) is 17.6 Å². The van der Waals surface area contributed by atoms with Crippen molar-refractivity contribution >= 4 is 28.3 Å². The summed E-state index contributed by atoms with van der Waals surface area (Å²) in [6.45, 7) is 3.91. The molecule has 3 heterocycles. The SMILES string of the molecule is C[C@@H]1CCc2nc(NC(=O)C3CCN(c4ncccn4)CC3)sc2C1. The van der Waals surface area contributed by atoms with Crippen LogP contribution in [0.15, 0.2) is 18.5 Å². The van der Waals surface area contributed by atoms with Gasteiger partial charge in [0, 0.05) is 36.3 Å². The third-order valence-electron chi connectivity index (χ3n) is 5.12. The first-order valence-corrected chi connectivity index (χ1v) is 9.82. The van der Waals surface area contributed by atoms with Crippen molar-refractivity contribution in [2.24, 2.45) is 11.8 Å². The van der Waals surface area contributed by atoms with Gasteiger partial charge in [-0.25, -0.2) is 15.0 Å². The summed E-state index contributed by atoms with van der Waals surface area (Å²) in [4.78, 5) is 29.3. The lowest BCUT2D eigenvalue weighted by atomic mass is 9.93. The zero-order valence-electron chi connectivity index (χ0n) is 14.4. The number of nitrogens with one attached hydrogen (secondary N) is 1. The largest absolute Gasteiger partial charge is 0.341 e. The zero-order valence-corrected chi connectivity index (χ0v) is 15.3. The van der Waals surface area contributed by atoms with E-state index < -0.39 is 0 Å². The Morgan fingerprint density at radius 3 is 2.76 bits per heavy atom. The summed E-state index contributed by atoms with van der Waals surface area (Å²) < 4.78 is 0. The van der Waals surface area contributed by atoms with Crippen molar-refractivity contribution < 1.29 is 4.79 Å². The number of rotatable bonds is 3. The number of hydrogen-bond donors (Lipinski definition) is 1. The van der Waals surface area contributed by atoms with E-state index >= 15 is 0 Å². The number of carbonyl (C=O) groups excluding carboxylic acids is 1. The van der Waals surface area contributed by atoms with Crippen molar-refractivity contribution in [3.8, 4) is 0 Å². The van der Waals surface area contributed by atoms with Crippen LogP contribution in [-0.4, -0.2) is 33.9 Å². The van der Waals surface area contributed by atoms with Crippen LogP contribution < -0.4 is 10.2 Å². The molecule has 1 amide bonds. The summed E-state index contributed by atoms with van der Waals surface area (Å²) in [5.74, 6) is 1.62. The lowest BCUT2D eigenvalue weighted by Crippen LogP contribution is -2.39. The number of nitrogens with zero attached hydrogens (tertiary/aromatic N) is 4. The van der Waals surface area contributed by atoms with Crippen LogP contribution in [0.3, 0.4) is 0 Å². The Morgan fingerprint density at radius 2 is 2.00 bits per heavy atom. The topological polar surface area (TPSA) is 71.0 Å². The van der Waals surface area contributed by atoms with Crippen LogP contribution in [0, 0.1) is 11.8 Å². The van der Waals surface area contributed by atoms with Crippen molar-refractivity contribution in [2.75, 3.05) is 23.3 Å². The van der Waals surface area contributed by atoms with Crippen LogP contribution in [0.4, 0.5) is 11.1 Å². The van der Waals surface area contributed by atoms with E-state index in [9.17, 15) is 4.79 Å². The number of carbonyl (C=O) groups is 1. The fourth-order valence-corrected chi connectivity index (χ4v) is 4.77. The Bertz CT molecular complexity index is 739. The molecule has 0 bridgehead atoms. The molecule has 2 aliphatic rings. The van der Waals surface area contributed by atoms with E-state index in [0.29, 0.717) is 0 Å². The third kappa shape index (κ3) is 3.66. The zero-order chi connectivity index (χ0) is 17.2. The molecule has 7 heteroatoms. The summed E-state index contributed by atoms with van der Waals surface area (Å²) in [5, 5.41) is 3.83. The Kier molecular flexibility index (Phi) is 4.65. The van der Waals surface area contributed by atoms with Crippen LogP contribution in [0.25, 0.3) is 0 Å². The Morgan fingerprint density at radius 1 is 1.24 bits per heavy atom. The van der Waals surface area contributed by atoms with Gasteiger partial charge < -0.3 is 10.2 Å². The number of aryl methyl sites for hydroxylation is 1. The lowest BCUT2D eigenvalue weighted by Gasteiger charge is -2.30. The summed E-state index contributed by atoms with van der Waals surface area (Å²) in [7, 11) is 0. The summed E-state index contributed by atoms with van der Waals surface area (Å²) in [6.07, 6.45) is 8.50. The maximum atomic E-state index is 12.6. The van der Waals surface area contributed by atoms with Crippen molar-refractivity contribution in [1.29, 1.82) is 0 Å². The standard InChI is InChI=1S/C18H23N5OS/c1-12-3-4-14-15(11-12)25-18(21-14)22-16(24)13-5-9-23(10-6-13)17-19-7-2-8-20-17/h2,7-8,12-13H,3-6,9-11H2,1H3,(H,21,22,24)/t12-/m1/s1. The third-order valence-corrected chi connectivity index (χ3v) is 6.15. The second kappa shape index (κ2) is 7.07. The highest BCUT2D eigenvalue weighted by molar-refractivity contribution is 7.15. The van der Waals surface area contributed by atoms with Gasteiger partial charge in [-0.1, -0.05) is 6.92 Å². The number of piperidine rings is 1. The quantitative estimate of drug-likeness (QED) is 0.914. The predicted molar refractivity (Wildman–Crippen MR) is 98.9 cm³/mol. The smallest absolute Gasteiger partial charge is 0.229 e. The van der Waals surface area contributed by atoms with E-state index in [2.05, 4.69) is 32.1 Å². The molecule has 1 aliphatic carbocycles. The minimum Gasteiger partial charge on any atom is -0.341 e. The molecule has 0 radical (unpaired) electrons. The average molecular weight is 357 g/mol. The van der Waals surface area contributed by atoms with E-state index in [1.807, 2.05) is 6.07 Å². The fourth-order valence-electron chi connectivity index (χ4n) is 3.60. The van der Waals surface area contributed by atoms with Crippen LogP contribution in [0.5, 0.6) is 0 Å². The molecule has 0 spiro atoms. The number of hydrogen-bond acceptors (Lipinski definition) is 6. The molecule has 0 saturated carbocycles. The predicted octanol–water partition coefficient (Wildman–Crippen LogP) is 2.91. The minimum atomic E-state index is 0.0415. The molecule has 132 valence electrons. The van der Waals surface area contributed by atoms with Gasteiger partial charge in [0.1, 0.15) is 0 Å². The van der Waals surface area contributed by atoms with Crippen molar-refractivity contribution in [2.45, 2.75) is 39.0 Å². The van der Waals surface area contributed by atoms with Crippen molar-refractivity contribution in [3.63, 3.8) is 0 Å². The molecule has 1 fully saturated rings. The number of anilines is 2. The van der Waals surface area contributed by atoms with Gasteiger partial charge in [-0.3, -0.25) is 4.79 Å². The van der Waals surface area contributed by atoms with E-state index in [-0.39, 0.29) is 11.8 Å². The molecule has 2 aromatic heterocycles. The van der Waals surface area contributed by atoms with Gasteiger partial charge in [0.15, 0.2) is 5.13 Å². The monoisotopic (exact) mass is 357 g/mol. The molecule has 1 saturated heterocycles. The van der Waals surface area contributed by atoms with E-state index in [1.165, 1.54) is 17.0 Å². The highest BCUT2D eigenvalue weighted by Gasteiger charge is 2.27. The number of amides is 1. The Labute approximate surface area is 151 Å². The molecule has 25 heavy (non-hydrogen) atoms. The minimum absolute atomic E-state index is 0.0415. The highest BCUT2D eigenvalue weighted by atomic mass is 32.1. The first kappa shape index (κ1) is 16.4. The second-order valence-corrected chi connectivity index (χ2v) is 8.12. The molecule has 4 rings (SSSR count). The van der Waals surface area contributed by atoms with Gasteiger partial charge in [-0.15, -0.1) is 11.3 Å². The average Bonchev–Trinajstić information content (AvgIpc) is 3.04. The van der Waals surface area contributed by atoms with Gasteiger partial charge in [0.2, 0.25) is 11.9 Å². The molecular formula is C18H23N5OS. The fraction of sp³-hybridized carbons (Fsp3) is 0.556. The Balaban J connectivity index is 1.34. The van der Waals surface area contributed by atoms with Crippen molar-refractivity contribution in [3.05, 3.63) is 29.0 Å². The molecule has 1 atom stereocenters. The first-order valence-electron chi connectivity index (χ1n) is 9.00. The highest BCUT2D eigenvalue weighted by Crippen LogP contribution is 2.32. The normalized spacial score (nSPS) is 21.0. The number of fused-ring (bicyclic) bond motifs is 1. The van der Waals surface area contributed by atoms with E-state index in [1.54, 1.807) is 23.7 Å². The van der Waals surface area contributed by atoms with Gasteiger partial charge in [-0.05, 0) is 44.1 Å². The molecule has 0 aromatic carbocycles. The molecule has 2 aromatic rings. The van der Waals surface area contributed by atoms with Crippen LogP contribution in [0.2, 0.25) is 0 Å². The van der Waals surface area contributed by atoms with Crippen LogP contribution >= 0.6 is 11.3 Å². The molecule has 1 aliphatic heterocycles. The summed E-state index contributed by atoms with van der Waals surface area (Å²) in [6, 6.07) is 1.82. The van der Waals surface area contributed by atoms with Crippen LogP contribution in [0.1, 0.15) is 36.8 Å². The second-order valence-electron chi connectivity index (χ2n) is 7.04. The van der Waals surface area contributed by atoms with E-state index in [0.717, 1.165) is 55.8 Å². The van der Waals surface area contributed by atoms with E-state index in [4.69, 9.17) is 0 Å². The Hall–Kier alpha value is -2.02. The maximum Gasteiger partial charge on any atom is 0.229 e. The number of aromatic nitrogens is 3. The molecule has 6 nitrogen and oxygen atoms in total. The summed E-state index contributed by atoms with van der Waals surface area (Å²) >= 11 is 1.66. The number of thiazole rings is 1. The first-order chi connectivity index (χ1) is 12.2. The molecular weight excluding hydrogens is 334 g/mol. The van der Waals surface area contributed by atoms with Gasteiger partial charge in [0.25, 0.3) is 0 Å². The van der Waals surface area contributed by atoms with Gasteiger partial charge in [-0.2, -0.15) is 0 Å². The molecule has 1 N–H and O–H groups in total. The summed E-state index contributed by atoms with van der Waals surface area (Å²) in [5.41, 5.74) is 1.19. The maximum absolute atomic E-state index is 12.6. The molecule has 0 unspecified atom stereocenters. The van der Waals surface area contributed by atoms with Crippen molar-refractivity contribution in [1.82, 2.24) is 15.0 Å².